The molecule has 4 nitrogen and oxygen atoms in total. The summed E-state index contributed by atoms with van der Waals surface area (Å²) in [6.45, 7) is 13.6. The summed E-state index contributed by atoms with van der Waals surface area (Å²) in [6.07, 6.45) is 3.11. The first kappa shape index (κ1) is 21.0. The maximum Gasteiger partial charge on any atom is 0.0717 e. The number of aromatic nitrogens is 1. The summed E-state index contributed by atoms with van der Waals surface area (Å²) in [5.74, 6) is 0. The minimum absolute atomic E-state index is 0.0419. The number of rotatable bonds is 9. The SMILES string of the molecule is CCOC[C@@]1(COCc2ccccc2)CCN(C(C)(C)c2ccc(C)nc2)C1. The van der Waals surface area contributed by atoms with Crippen molar-refractivity contribution in [2.24, 2.45) is 5.41 Å². The third-order valence-electron chi connectivity index (χ3n) is 5.98. The molecule has 0 N–H and O–H groups in total. The maximum atomic E-state index is 6.17. The lowest BCUT2D eigenvalue weighted by atomic mass is 9.88. The van der Waals surface area contributed by atoms with E-state index >= 15 is 0 Å². The summed E-state index contributed by atoms with van der Waals surface area (Å²) in [7, 11) is 0. The third-order valence-corrected chi connectivity index (χ3v) is 5.98. The van der Waals surface area contributed by atoms with E-state index in [9.17, 15) is 0 Å². The lowest BCUT2D eigenvalue weighted by Crippen LogP contribution is -2.43. The molecule has 2 aromatic rings. The van der Waals surface area contributed by atoms with Crippen LogP contribution in [0.15, 0.2) is 48.7 Å². The Hall–Kier alpha value is -1.75. The molecule has 2 heterocycles. The molecule has 0 bridgehead atoms. The highest BCUT2D eigenvalue weighted by atomic mass is 16.5. The topological polar surface area (TPSA) is 34.6 Å². The highest BCUT2D eigenvalue weighted by Crippen LogP contribution is 2.39. The van der Waals surface area contributed by atoms with E-state index in [-0.39, 0.29) is 11.0 Å². The molecular formula is C24H34N2O2. The molecule has 1 aliphatic rings. The van der Waals surface area contributed by atoms with Gasteiger partial charge in [0.05, 0.1) is 19.8 Å². The molecule has 0 radical (unpaired) electrons. The molecule has 1 fully saturated rings. The van der Waals surface area contributed by atoms with Crippen molar-refractivity contribution in [3.05, 3.63) is 65.5 Å². The van der Waals surface area contributed by atoms with Gasteiger partial charge in [0.2, 0.25) is 0 Å². The Labute approximate surface area is 169 Å². The van der Waals surface area contributed by atoms with Crippen LogP contribution in [-0.4, -0.2) is 42.8 Å². The van der Waals surface area contributed by atoms with Crippen molar-refractivity contribution in [3.8, 4) is 0 Å². The molecule has 3 rings (SSSR count). The first-order valence-electron chi connectivity index (χ1n) is 10.3. The van der Waals surface area contributed by atoms with E-state index < -0.39 is 0 Å². The van der Waals surface area contributed by atoms with Gasteiger partial charge in [-0.15, -0.1) is 0 Å². The minimum Gasteiger partial charge on any atom is -0.381 e. The largest absolute Gasteiger partial charge is 0.381 e. The van der Waals surface area contributed by atoms with Crippen LogP contribution >= 0.6 is 0 Å². The number of pyridine rings is 1. The Bertz CT molecular complexity index is 730. The number of nitrogens with zero attached hydrogens (tertiary/aromatic N) is 2. The summed E-state index contributed by atoms with van der Waals surface area (Å²) < 4.78 is 12.1. The van der Waals surface area contributed by atoms with E-state index in [2.05, 4.69) is 67.1 Å². The van der Waals surface area contributed by atoms with Crippen molar-refractivity contribution in [1.82, 2.24) is 9.88 Å². The third kappa shape index (κ3) is 4.99. The van der Waals surface area contributed by atoms with E-state index in [0.29, 0.717) is 6.61 Å². The zero-order chi connectivity index (χ0) is 20.0. The van der Waals surface area contributed by atoms with Crippen molar-refractivity contribution in [2.75, 3.05) is 32.9 Å². The van der Waals surface area contributed by atoms with Gasteiger partial charge < -0.3 is 9.47 Å². The lowest BCUT2D eigenvalue weighted by molar-refractivity contribution is -0.0253. The normalized spacial score (nSPS) is 20.6. The van der Waals surface area contributed by atoms with Crippen LogP contribution in [-0.2, 0) is 21.6 Å². The number of hydrogen-bond acceptors (Lipinski definition) is 4. The Morgan fingerprint density at radius 1 is 1.07 bits per heavy atom. The maximum absolute atomic E-state index is 6.17. The second-order valence-corrected chi connectivity index (χ2v) is 8.53. The highest BCUT2D eigenvalue weighted by molar-refractivity contribution is 5.22. The quantitative estimate of drug-likeness (QED) is 0.636. The zero-order valence-electron chi connectivity index (χ0n) is 17.8. The molecule has 152 valence electrons. The van der Waals surface area contributed by atoms with Gasteiger partial charge in [-0.3, -0.25) is 9.88 Å². The molecule has 1 aromatic carbocycles. The van der Waals surface area contributed by atoms with Gasteiger partial charge in [0.15, 0.2) is 0 Å². The van der Waals surface area contributed by atoms with Crippen LogP contribution in [0, 0.1) is 12.3 Å². The van der Waals surface area contributed by atoms with Crippen LogP contribution < -0.4 is 0 Å². The van der Waals surface area contributed by atoms with Gasteiger partial charge in [-0.05, 0) is 57.9 Å². The Kier molecular flexibility index (Phi) is 6.86. The van der Waals surface area contributed by atoms with E-state index in [1.165, 1.54) is 11.1 Å². The molecule has 0 amide bonds. The number of likely N-dealkylation sites (tertiary alicyclic amines) is 1. The fourth-order valence-electron chi connectivity index (χ4n) is 3.98. The highest BCUT2D eigenvalue weighted by Gasteiger charge is 2.44. The van der Waals surface area contributed by atoms with Crippen LogP contribution in [0.2, 0.25) is 0 Å². The van der Waals surface area contributed by atoms with Gasteiger partial charge in [0, 0.05) is 36.0 Å². The number of aryl methyl sites for hydroxylation is 1. The molecule has 1 atom stereocenters. The van der Waals surface area contributed by atoms with E-state index in [1.54, 1.807) is 0 Å². The van der Waals surface area contributed by atoms with Gasteiger partial charge in [-0.25, -0.2) is 0 Å². The van der Waals surface area contributed by atoms with Crippen molar-refractivity contribution in [1.29, 1.82) is 0 Å². The van der Waals surface area contributed by atoms with Crippen molar-refractivity contribution in [3.63, 3.8) is 0 Å². The van der Waals surface area contributed by atoms with Crippen molar-refractivity contribution < 1.29 is 9.47 Å². The predicted octanol–water partition coefficient (Wildman–Crippen LogP) is 4.57. The summed E-state index contributed by atoms with van der Waals surface area (Å²) in [5, 5.41) is 0. The van der Waals surface area contributed by atoms with Gasteiger partial charge in [-0.2, -0.15) is 0 Å². The van der Waals surface area contributed by atoms with Crippen LogP contribution in [0.25, 0.3) is 0 Å². The Morgan fingerprint density at radius 2 is 1.82 bits per heavy atom. The van der Waals surface area contributed by atoms with Crippen LogP contribution in [0.1, 0.15) is 44.0 Å². The number of hydrogen-bond donors (Lipinski definition) is 0. The summed E-state index contributed by atoms with van der Waals surface area (Å²) >= 11 is 0. The number of ether oxygens (including phenoxy) is 2. The second-order valence-electron chi connectivity index (χ2n) is 8.53. The zero-order valence-corrected chi connectivity index (χ0v) is 17.8. The molecule has 28 heavy (non-hydrogen) atoms. The molecule has 0 spiro atoms. The fourth-order valence-corrected chi connectivity index (χ4v) is 3.98. The van der Waals surface area contributed by atoms with Gasteiger partial charge in [0.25, 0.3) is 0 Å². The monoisotopic (exact) mass is 382 g/mol. The molecule has 0 saturated carbocycles. The van der Waals surface area contributed by atoms with Crippen LogP contribution in [0.4, 0.5) is 0 Å². The average Bonchev–Trinajstić information content (AvgIpc) is 3.13. The van der Waals surface area contributed by atoms with Crippen LogP contribution in [0.3, 0.4) is 0 Å². The summed E-state index contributed by atoms with van der Waals surface area (Å²) in [6, 6.07) is 14.7. The Morgan fingerprint density at radius 3 is 2.50 bits per heavy atom. The fraction of sp³-hybridized carbons (Fsp3) is 0.542. The molecule has 1 aromatic heterocycles. The molecule has 0 unspecified atom stereocenters. The summed E-state index contributed by atoms with van der Waals surface area (Å²) in [4.78, 5) is 7.07. The molecule has 1 saturated heterocycles. The first-order chi connectivity index (χ1) is 13.5. The van der Waals surface area contributed by atoms with E-state index in [4.69, 9.17) is 9.47 Å². The lowest BCUT2D eigenvalue weighted by Gasteiger charge is -2.38. The minimum atomic E-state index is -0.0614. The van der Waals surface area contributed by atoms with Gasteiger partial charge in [0.1, 0.15) is 0 Å². The first-order valence-corrected chi connectivity index (χ1v) is 10.3. The molecule has 0 aliphatic carbocycles. The second kappa shape index (κ2) is 9.17. The Balaban J connectivity index is 1.67. The average molecular weight is 383 g/mol. The predicted molar refractivity (Wildman–Crippen MR) is 113 cm³/mol. The van der Waals surface area contributed by atoms with Gasteiger partial charge in [-0.1, -0.05) is 36.4 Å². The molecule has 4 heteroatoms. The number of benzene rings is 1. The molecular weight excluding hydrogens is 348 g/mol. The standard InChI is InChI=1S/C24H34N2O2/c1-5-27-18-24(19-28-16-21-9-7-6-8-10-21)13-14-26(17-24)23(3,4)22-12-11-20(2)25-15-22/h6-12,15H,5,13-14,16-19H2,1-4H3/t24-/m1/s1. The van der Waals surface area contributed by atoms with Gasteiger partial charge >= 0.3 is 0 Å². The van der Waals surface area contributed by atoms with Crippen LogP contribution in [0.5, 0.6) is 0 Å². The van der Waals surface area contributed by atoms with Crippen molar-refractivity contribution in [2.45, 2.75) is 46.3 Å². The summed E-state index contributed by atoms with van der Waals surface area (Å²) in [5.41, 5.74) is 3.51. The molecule has 1 aliphatic heterocycles. The smallest absolute Gasteiger partial charge is 0.0717 e. The van der Waals surface area contributed by atoms with Crippen molar-refractivity contribution >= 4 is 0 Å². The van der Waals surface area contributed by atoms with E-state index in [0.717, 1.165) is 45.0 Å². The van der Waals surface area contributed by atoms with E-state index in [1.807, 2.05) is 19.2 Å².